The first-order valence-corrected chi connectivity index (χ1v) is 16.9. The molecule has 0 aliphatic carbocycles. The molecule has 0 unspecified atom stereocenters. The number of halogens is 2. The Labute approximate surface area is 292 Å². The smallest absolute Gasteiger partial charge is 0.343 e. The minimum Gasteiger partial charge on any atom is -0.422 e. The topological polar surface area (TPSA) is 52.6 Å². The van der Waals surface area contributed by atoms with Crippen molar-refractivity contribution in [2.24, 2.45) is 0 Å². The lowest BCUT2D eigenvalue weighted by Crippen LogP contribution is -2.09. The highest BCUT2D eigenvalue weighted by Crippen LogP contribution is 2.50. The predicted molar refractivity (Wildman–Crippen MR) is 200 cm³/mol. The highest BCUT2D eigenvalue weighted by Gasteiger charge is 2.25. The summed E-state index contributed by atoms with van der Waals surface area (Å²) in [7, 11) is 0. The van der Waals surface area contributed by atoms with Crippen molar-refractivity contribution in [3.63, 3.8) is 0 Å². The van der Waals surface area contributed by atoms with Gasteiger partial charge in [-0.3, -0.25) is 0 Å². The molecule has 230 valence electrons. The van der Waals surface area contributed by atoms with E-state index in [4.69, 9.17) is 9.47 Å². The molecular formula is C42H24Br2O4. The van der Waals surface area contributed by atoms with E-state index in [-0.39, 0.29) is 0 Å². The Morgan fingerprint density at radius 2 is 0.708 bits per heavy atom. The van der Waals surface area contributed by atoms with Crippen LogP contribution in [0.15, 0.2) is 155 Å². The second-order valence-corrected chi connectivity index (χ2v) is 13.2. The average molecular weight is 752 g/mol. The van der Waals surface area contributed by atoms with Gasteiger partial charge in [-0.1, -0.05) is 117 Å². The van der Waals surface area contributed by atoms with Gasteiger partial charge in [0.05, 0.1) is 11.1 Å². The molecule has 8 rings (SSSR count). The van der Waals surface area contributed by atoms with Crippen LogP contribution in [0, 0.1) is 0 Å². The number of rotatable bonds is 5. The summed E-state index contributed by atoms with van der Waals surface area (Å²) in [5, 5.41) is 6.83. The fourth-order valence-corrected chi connectivity index (χ4v) is 7.15. The predicted octanol–water partition coefficient (Wildman–Crippen LogP) is 11.9. The van der Waals surface area contributed by atoms with Crippen LogP contribution in [0.4, 0.5) is 0 Å². The lowest BCUT2D eigenvalue weighted by Gasteiger charge is -2.21. The molecule has 0 aliphatic heterocycles. The number of hydrogen-bond acceptors (Lipinski definition) is 4. The molecule has 0 saturated heterocycles. The first-order chi connectivity index (χ1) is 23.5. The zero-order valence-electron chi connectivity index (χ0n) is 25.2. The van der Waals surface area contributed by atoms with Gasteiger partial charge in [-0.25, -0.2) is 9.59 Å². The highest BCUT2D eigenvalue weighted by atomic mass is 79.9. The molecule has 0 aromatic heterocycles. The normalized spacial score (nSPS) is 11.3. The number of ether oxygens (including phenoxy) is 2. The fourth-order valence-electron chi connectivity index (χ4n) is 6.43. The standard InChI is InChI=1S/C42H24Br2O4/c43-27-19-21-33-35(23-27)37(29-15-7-9-17-31(29)39(33)47-41(45)25-11-3-1-4-12-25)38-30-16-8-10-18-32(30)40(34-22-20-28(44)24-36(34)38)48-42(46)26-13-5-2-6-14-26/h1-24H. The van der Waals surface area contributed by atoms with E-state index in [9.17, 15) is 9.59 Å². The minimum atomic E-state index is -0.429. The van der Waals surface area contributed by atoms with E-state index in [2.05, 4.69) is 56.1 Å². The first kappa shape index (κ1) is 30.1. The van der Waals surface area contributed by atoms with Crippen LogP contribution < -0.4 is 9.47 Å². The second-order valence-electron chi connectivity index (χ2n) is 11.4. The van der Waals surface area contributed by atoms with E-state index in [1.165, 1.54) is 0 Å². The summed E-state index contributed by atoms with van der Waals surface area (Å²) in [6.45, 7) is 0. The largest absolute Gasteiger partial charge is 0.422 e. The van der Waals surface area contributed by atoms with Crippen molar-refractivity contribution in [1.29, 1.82) is 0 Å². The summed E-state index contributed by atoms with van der Waals surface area (Å²) in [4.78, 5) is 26.9. The second kappa shape index (κ2) is 12.4. The molecule has 0 fully saturated rings. The Balaban J connectivity index is 1.46. The number of fused-ring (bicyclic) bond motifs is 4. The van der Waals surface area contributed by atoms with Crippen molar-refractivity contribution in [3.05, 3.63) is 166 Å². The Morgan fingerprint density at radius 1 is 0.375 bits per heavy atom. The van der Waals surface area contributed by atoms with Gasteiger partial charge in [0.2, 0.25) is 0 Å². The molecule has 48 heavy (non-hydrogen) atoms. The maximum atomic E-state index is 13.5. The van der Waals surface area contributed by atoms with Gasteiger partial charge >= 0.3 is 11.9 Å². The lowest BCUT2D eigenvalue weighted by molar-refractivity contribution is 0.0730. The molecular weight excluding hydrogens is 728 g/mol. The van der Waals surface area contributed by atoms with Gasteiger partial charge < -0.3 is 9.47 Å². The van der Waals surface area contributed by atoms with E-state index in [0.29, 0.717) is 22.6 Å². The molecule has 0 N–H and O–H groups in total. The summed E-state index contributed by atoms with van der Waals surface area (Å²) in [6, 6.07) is 46.1. The molecule has 8 aromatic rings. The molecule has 6 heteroatoms. The Kier molecular flexibility index (Phi) is 7.75. The molecule has 4 nitrogen and oxygen atoms in total. The average Bonchev–Trinajstić information content (AvgIpc) is 3.12. The summed E-state index contributed by atoms with van der Waals surface area (Å²) in [5.74, 6) is 0.132. The number of carbonyl (C=O) groups is 2. The zero-order valence-corrected chi connectivity index (χ0v) is 28.4. The van der Waals surface area contributed by atoms with Gasteiger partial charge in [-0.05, 0) is 93.3 Å². The molecule has 0 bridgehead atoms. The molecule has 0 aliphatic rings. The number of carbonyl (C=O) groups excluding carboxylic acids is 2. The van der Waals surface area contributed by atoms with Crippen molar-refractivity contribution in [2.75, 3.05) is 0 Å². The van der Waals surface area contributed by atoms with Crippen LogP contribution >= 0.6 is 31.9 Å². The van der Waals surface area contributed by atoms with Gasteiger partial charge in [0, 0.05) is 30.5 Å². The van der Waals surface area contributed by atoms with Crippen LogP contribution in [0.3, 0.4) is 0 Å². The van der Waals surface area contributed by atoms with Crippen LogP contribution in [0.25, 0.3) is 54.2 Å². The number of benzene rings is 8. The van der Waals surface area contributed by atoms with E-state index in [1.807, 2.05) is 97.1 Å². The van der Waals surface area contributed by atoms with Crippen LogP contribution in [0.5, 0.6) is 11.5 Å². The van der Waals surface area contributed by atoms with E-state index < -0.39 is 11.9 Å². The Bertz CT molecular complexity index is 2380. The Hall–Kier alpha value is -5.30. The van der Waals surface area contributed by atoms with Crippen LogP contribution in [0.1, 0.15) is 20.7 Å². The van der Waals surface area contributed by atoms with Crippen molar-refractivity contribution in [2.45, 2.75) is 0 Å². The van der Waals surface area contributed by atoms with Crippen molar-refractivity contribution >= 4 is 86.9 Å². The quantitative estimate of drug-likeness (QED) is 0.0998. The Morgan fingerprint density at radius 3 is 1.10 bits per heavy atom. The number of esters is 2. The van der Waals surface area contributed by atoms with E-state index in [0.717, 1.165) is 63.2 Å². The van der Waals surface area contributed by atoms with Crippen LogP contribution in [0.2, 0.25) is 0 Å². The zero-order chi connectivity index (χ0) is 32.8. The van der Waals surface area contributed by atoms with E-state index >= 15 is 0 Å². The number of hydrogen-bond donors (Lipinski definition) is 0. The highest BCUT2D eigenvalue weighted by molar-refractivity contribution is 9.10. The summed E-state index contributed by atoms with van der Waals surface area (Å²) in [5.41, 5.74) is 2.89. The van der Waals surface area contributed by atoms with Gasteiger partial charge in [0.15, 0.2) is 0 Å². The lowest BCUT2D eigenvalue weighted by atomic mass is 9.85. The van der Waals surface area contributed by atoms with Gasteiger partial charge in [-0.2, -0.15) is 0 Å². The summed E-state index contributed by atoms with van der Waals surface area (Å²) >= 11 is 7.43. The summed E-state index contributed by atoms with van der Waals surface area (Å²) in [6.07, 6.45) is 0. The van der Waals surface area contributed by atoms with Gasteiger partial charge in [-0.15, -0.1) is 0 Å². The minimum absolute atomic E-state index is 0.429. The van der Waals surface area contributed by atoms with Crippen molar-refractivity contribution < 1.29 is 19.1 Å². The molecule has 8 aromatic carbocycles. The maximum absolute atomic E-state index is 13.5. The molecule has 0 heterocycles. The van der Waals surface area contributed by atoms with Gasteiger partial charge in [0.25, 0.3) is 0 Å². The third kappa shape index (κ3) is 5.23. The SMILES string of the molecule is O=C(Oc1c2ccccc2c(-c2c3ccccc3c(OC(=O)c3ccccc3)c3ccc(Br)cc23)c2cc(Br)ccc12)c1ccccc1. The molecule has 0 saturated carbocycles. The monoisotopic (exact) mass is 750 g/mol. The fraction of sp³-hybridized carbons (Fsp3) is 0. The first-order valence-electron chi connectivity index (χ1n) is 15.3. The third-order valence-corrected chi connectivity index (χ3v) is 9.52. The van der Waals surface area contributed by atoms with Gasteiger partial charge in [0.1, 0.15) is 11.5 Å². The van der Waals surface area contributed by atoms with Crippen LogP contribution in [-0.2, 0) is 0 Å². The maximum Gasteiger partial charge on any atom is 0.343 e. The molecule has 0 radical (unpaired) electrons. The van der Waals surface area contributed by atoms with Crippen molar-refractivity contribution in [1.82, 2.24) is 0 Å². The molecule has 0 atom stereocenters. The van der Waals surface area contributed by atoms with Crippen LogP contribution in [-0.4, -0.2) is 11.9 Å². The summed E-state index contributed by atoms with van der Waals surface area (Å²) < 4.78 is 14.2. The third-order valence-electron chi connectivity index (χ3n) is 8.53. The van der Waals surface area contributed by atoms with Crippen molar-refractivity contribution in [3.8, 4) is 22.6 Å². The van der Waals surface area contributed by atoms with E-state index in [1.54, 1.807) is 24.3 Å². The molecule has 0 spiro atoms. The molecule has 0 amide bonds.